The molecule has 3 aromatic carbocycles. The van der Waals surface area contributed by atoms with Crippen molar-refractivity contribution in [1.29, 1.82) is 0 Å². The lowest BCUT2D eigenvalue weighted by molar-refractivity contribution is -0.138. The van der Waals surface area contributed by atoms with Crippen LogP contribution in [0.25, 0.3) is 28.2 Å². The van der Waals surface area contributed by atoms with Gasteiger partial charge in [0.1, 0.15) is 11.5 Å². The van der Waals surface area contributed by atoms with Crippen molar-refractivity contribution >= 4 is 17.5 Å². The number of fused-ring (bicyclic) bond motifs is 2. The molecule has 2 aromatic heterocycles. The molecule has 204 valence electrons. The minimum Gasteiger partial charge on any atom is -0.481 e. The summed E-state index contributed by atoms with van der Waals surface area (Å²) < 4.78 is 17.0. The number of rotatable bonds is 5. The SMILES string of the molecule is C[C@@H]1c2ccccc2CCN1C(=O)c1cc(-c2ccccc2)n2nc(-c3ccc(C4CC4C(=O)O)cc3F)cc2n1. The molecule has 3 heterocycles. The second-order valence-corrected chi connectivity index (χ2v) is 10.8. The molecule has 2 unspecified atom stereocenters. The first kappa shape index (κ1) is 25.1. The van der Waals surface area contributed by atoms with Crippen molar-refractivity contribution < 1.29 is 19.1 Å². The molecule has 1 saturated carbocycles. The summed E-state index contributed by atoms with van der Waals surface area (Å²) in [5.74, 6) is -2.11. The molecular weight excluding hydrogens is 519 g/mol. The lowest BCUT2D eigenvalue weighted by atomic mass is 9.93. The first-order chi connectivity index (χ1) is 19.9. The van der Waals surface area contributed by atoms with Crippen LogP contribution in [0.15, 0.2) is 84.9 Å². The van der Waals surface area contributed by atoms with Crippen LogP contribution < -0.4 is 0 Å². The lowest BCUT2D eigenvalue weighted by Gasteiger charge is -2.35. The second-order valence-electron chi connectivity index (χ2n) is 10.8. The number of nitrogens with zero attached hydrogens (tertiary/aromatic N) is 4. The first-order valence-electron chi connectivity index (χ1n) is 13.8. The van der Waals surface area contributed by atoms with Crippen molar-refractivity contribution in [1.82, 2.24) is 19.5 Å². The highest BCUT2D eigenvalue weighted by Crippen LogP contribution is 2.48. The summed E-state index contributed by atoms with van der Waals surface area (Å²) in [6, 6.07) is 26.0. The number of halogens is 1. The molecule has 8 heteroatoms. The number of amides is 1. The van der Waals surface area contributed by atoms with Gasteiger partial charge in [-0.1, -0.05) is 60.7 Å². The molecule has 1 fully saturated rings. The van der Waals surface area contributed by atoms with Crippen molar-refractivity contribution in [2.45, 2.75) is 31.7 Å². The smallest absolute Gasteiger partial charge is 0.307 e. The zero-order valence-corrected chi connectivity index (χ0v) is 22.4. The van der Waals surface area contributed by atoms with E-state index in [1.165, 1.54) is 11.6 Å². The highest BCUT2D eigenvalue weighted by atomic mass is 19.1. The summed E-state index contributed by atoms with van der Waals surface area (Å²) >= 11 is 0. The molecular formula is C33H27FN4O3. The Balaban J connectivity index is 1.29. The van der Waals surface area contributed by atoms with E-state index in [0.29, 0.717) is 46.8 Å². The van der Waals surface area contributed by atoms with Gasteiger partial charge in [0.05, 0.1) is 23.3 Å². The molecule has 3 atom stereocenters. The van der Waals surface area contributed by atoms with Gasteiger partial charge in [-0.05, 0) is 60.6 Å². The number of aliphatic carboxylic acids is 1. The van der Waals surface area contributed by atoms with Crippen LogP contribution >= 0.6 is 0 Å². The van der Waals surface area contributed by atoms with Gasteiger partial charge >= 0.3 is 5.97 Å². The molecule has 1 aliphatic heterocycles. The molecule has 5 aromatic rings. The third kappa shape index (κ3) is 4.36. The van der Waals surface area contributed by atoms with Gasteiger partial charge in [-0.15, -0.1) is 0 Å². The number of carbonyl (C=O) groups is 2. The lowest BCUT2D eigenvalue weighted by Crippen LogP contribution is -2.39. The Hall–Kier alpha value is -4.85. The van der Waals surface area contributed by atoms with Crippen LogP contribution in [0.4, 0.5) is 4.39 Å². The predicted octanol–water partition coefficient (Wildman–Crippen LogP) is 6.15. The monoisotopic (exact) mass is 546 g/mol. The third-order valence-corrected chi connectivity index (χ3v) is 8.38. The average molecular weight is 547 g/mol. The average Bonchev–Trinajstić information content (AvgIpc) is 3.69. The van der Waals surface area contributed by atoms with E-state index in [0.717, 1.165) is 17.5 Å². The van der Waals surface area contributed by atoms with Gasteiger partial charge in [-0.25, -0.2) is 13.9 Å². The van der Waals surface area contributed by atoms with Gasteiger partial charge < -0.3 is 10.0 Å². The van der Waals surface area contributed by atoms with E-state index in [-0.39, 0.29) is 17.9 Å². The van der Waals surface area contributed by atoms with Crippen LogP contribution in [-0.2, 0) is 11.2 Å². The molecule has 2 aliphatic rings. The number of carbonyl (C=O) groups excluding carboxylic acids is 1. The van der Waals surface area contributed by atoms with Crippen molar-refractivity contribution in [3.05, 3.63) is 113 Å². The van der Waals surface area contributed by atoms with E-state index in [1.54, 1.807) is 28.8 Å². The minimum atomic E-state index is -0.854. The minimum absolute atomic E-state index is 0.0917. The number of benzene rings is 3. The van der Waals surface area contributed by atoms with Crippen molar-refractivity contribution in [2.24, 2.45) is 5.92 Å². The molecule has 0 radical (unpaired) electrons. The van der Waals surface area contributed by atoms with Crippen LogP contribution in [0, 0.1) is 11.7 Å². The van der Waals surface area contributed by atoms with E-state index >= 15 is 4.39 Å². The molecule has 1 aliphatic carbocycles. The molecule has 1 N–H and O–H groups in total. The summed E-state index contributed by atoms with van der Waals surface area (Å²) in [4.78, 5) is 31.7. The van der Waals surface area contributed by atoms with E-state index < -0.39 is 17.7 Å². The number of carboxylic acids is 1. The van der Waals surface area contributed by atoms with E-state index in [9.17, 15) is 14.7 Å². The number of aromatic nitrogens is 3. The highest BCUT2D eigenvalue weighted by Gasteiger charge is 2.44. The maximum atomic E-state index is 15.3. The maximum absolute atomic E-state index is 15.3. The quantitative estimate of drug-likeness (QED) is 0.286. The molecule has 7 nitrogen and oxygen atoms in total. The van der Waals surface area contributed by atoms with Gasteiger partial charge in [0.25, 0.3) is 5.91 Å². The Kier molecular flexibility index (Phi) is 5.92. The number of carboxylic acid groups (broad SMARTS) is 1. The molecule has 1 amide bonds. The summed E-state index contributed by atoms with van der Waals surface area (Å²) in [5, 5.41) is 14.0. The van der Waals surface area contributed by atoms with Gasteiger partial charge in [0.2, 0.25) is 0 Å². The molecule has 41 heavy (non-hydrogen) atoms. The number of hydrogen-bond acceptors (Lipinski definition) is 4. The zero-order valence-electron chi connectivity index (χ0n) is 22.4. The van der Waals surface area contributed by atoms with Crippen molar-refractivity contribution in [3.8, 4) is 22.5 Å². The van der Waals surface area contributed by atoms with Crippen molar-refractivity contribution in [3.63, 3.8) is 0 Å². The second kappa shape index (κ2) is 9.66. The summed E-state index contributed by atoms with van der Waals surface area (Å²) in [6.45, 7) is 2.63. The Bertz CT molecular complexity index is 1830. The van der Waals surface area contributed by atoms with Gasteiger partial charge in [0.15, 0.2) is 5.65 Å². The summed E-state index contributed by atoms with van der Waals surface area (Å²) in [6.07, 6.45) is 1.30. The van der Waals surface area contributed by atoms with Gasteiger partial charge in [0, 0.05) is 23.7 Å². The topological polar surface area (TPSA) is 87.8 Å². The molecule has 0 saturated heterocycles. The first-order valence-corrected chi connectivity index (χ1v) is 13.8. The Labute approximate surface area is 235 Å². The molecule has 0 spiro atoms. The highest BCUT2D eigenvalue weighted by molar-refractivity contribution is 5.94. The maximum Gasteiger partial charge on any atom is 0.307 e. The number of hydrogen-bond donors (Lipinski definition) is 1. The Morgan fingerprint density at radius 2 is 1.76 bits per heavy atom. The fourth-order valence-corrected chi connectivity index (χ4v) is 6.03. The Morgan fingerprint density at radius 1 is 0.976 bits per heavy atom. The normalized spacial score (nSPS) is 19.7. The van der Waals surface area contributed by atoms with Crippen LogP contribution in [0.3, 0.4) is 0 Å². The summed E-state index contributed by atoms with van der Waals surface area (Å²) in [7, 11) is 0. The zero-order chi connectivity index (χ0) is 28.2. The van der Waals surface area contributed by atoms with Gasteiger partial charge in [-0.2, -0.15) is 5.10 Å². The predicted molar refractivity (Wildman–Crippen MR) is 152 cm³/mol. The fraction of sp³-hybridized carbons (Fsp3) is 0.212. The largest absolute Gasteiger partial charge is 0.481 e. The molecule has 0 bridgehead atoms. The molecule has 7 rings (SSSR count). The van der Waals surface area contributed by atoms with Gasteiger partial charge in [-0.3, -0.25) is 9.59 Å². The van der Waals surface area contributed by atoms with Crippen LogP contribution in [-0.4, -0.2) is 43.0 Å². The van der Waals surface area contributed by atoms with E-state index in [2.05, 4.69) is 12.1 Å². The van der Waals surface area contributed by atoms with E-state index in [4.69, 9.17) is 10.1 Å². The third-order valence-electron chi connectivity index (χ3n) is 8.38. The van der Waals surface area contributed by atoms with E-state index in [1.807, 2.05) is 54.3 Å². The van der Waals surface area contributed by atoms with Crippen LogP contribution in [0.2, 0.25) is 0 Å². The summed E-state index contributed by atoms with van der Waals surface area (Å²) in [5.41, 5.74) is 6.02. The standard InChI is InChI=1S/C33H27FN4O3/c1-19-23-10-6-5-7-20(23)13-14-37(19)32(39)29-17-30(21-8-3-2-4-9-21)38-31(35-29)18-28(36-38)24-12-11-22(15-27(24)34)25-16-26(25)33(40)41/h2-12,15,17-19,25-26H,13-14,16H2,1H3,(H,40,41)/t19-,25?,26?/m1/s1. The Morgan fingerprint density at radius 3 is 2.51 bits per heavy atom. The van der Waals surface area contributed by atoms with Crippen LogP contribution in [0.1, 0.15) is 52.5 Å². The van der Waals surface area contributed by atoms with Crippen LogP contribution in [0.5, 0.6) is 0 Å². The van der Waals surface area contributed by atoms with Crippen molar-refractivity contribution in [2.75, 3.05) is 6.54 Å². The fourth-order valence-electron chi connectivity index (χ4n) is 6.03.